The van der Waals surface area contributed by atoms with Crippen LogP contribution in [0, 0.1) is 11.3 Å². The van der Waals surface area contributed by atoms with Gasteiger partial charge in [-0.15, -0.1) is 0 Å². The first-order valence-corrected chi connectivity index (χ1v) is 4.82. The van der Waals surface area contributed by atoms with Gasteiger partial charge in [-0.3, -0.25) is 0 Å². The van der Waals surface area contributed by atoms with Gasteiger partial charge in [-0.25, -0.2) is 9.97 Å². The van der Waals surface area contributed by atoms with Gasteiger partial charge < -0.3 is 9.73 Å². The van der Waals surface area contributed by atoms with Crippen molar-refractivity contribution in [3.05, 3.63) is 42.2 Å². The molecule has 16 heavy (non-hydrogen) atoms. The lowest BCUT2D eigenvalue weighted by Gasteiger charge is -2.11. The molecule has 0 bridgehead atoms. The lowest BCUT2D eigenvalue weighted by molar-refractivity contribution is 0.490. The van der Waals surface area contributed by atoms with E-state index in [1.165, 1.54) is 12.4 Å². The molecule has 2 aromatic heterocycles. The van der Waals surface area contributed by atoms with Crippen LogP contribution in [-0.2, 0) is 0 Å². The molecule has 0 saturated heterocycles. The normalized spacial score (nSPS) is 11.8. The first-order valence-electron chi connectivity index (χ1n) is 4.82. The fourth-order valence-electron chi connectivity index (χ4n) is 1.34. The molecular formula is C11H10N4O. The molecule has 1 N–H and O–H groups in total. The minimum absolute atomic E-state index is 0.0567. The Morgan fingerprint density at radius 2 is 2.25 bits per heavy atom. The zero-order chi connectivity index (χ0) is 11.4. The second kappa shape index (κ2) is 4.45. The lowest BCUT2D eigenvalue weighted by Crippen LogP contribution is -2.09. The maximum Gasteiger partial charge on any atom is 0.182 e. The highest BCUT2D eigenvalue weighted by Crippen LogP contribution is 2.18. The van der Waals surface area contributed by atoms with Gasteiger partial charge in [-0.1, -0.05) is 0 Å². The van der Waals surface area contributed by atoms with Crippen molar-refractivity contribution in [2.45, 2.75) is 13.0 Å². The Morgan fingerprint density at radius 3 is 2.94 bits per heavy atom. The van der Waals surface area contributed by atoms with Crippen LogP contribution in [0.3, 0.4) is 0 Å². The highest BCUT2D eigenvalue weighted by Gasteiger charge is 2.11. The number of aromatic nitrogens is 2. The standard InChI is InChI=1S/C11H10N4O/c1-8(10-3-2-6-16-10)15-11-9(7-12)13-4-5-14-11/h2-6,8H,1H3,(H,14,15). The Labute approximate surface area is 92.8 Å². The van der Waals surface area contributed by atoms with Crippen molar-refractivity contribution in [3.63, 3.8) is 0 Å². The smallest absolute Gasteiger partial charge is 0.182 e. The van der Waals surface area contributed by atoms with E-state index in [1.807, 2.05) is 25.1 Å². The van der Waals surface area contributed by atoms with Crippen molar-refractivity contribution in [2.24, 2.45) is 0 Å². The highest BCUT2D eigenvalue weighted by atomic mass is 16.3. The van der Waals surface area contributed by atoms with E-state index in [1.54, 1.807) is 6.26 Å². The molecule has 0 radical (unpaired) electrons. The van der Waals surface area contributed by atoms with Gasteiger partial charge >= 0.3 is 0 Å². The Morgan fingerprint density at radius 1 is 1.44 bits per heavy atom. The van der Waals surface area contributed by atoms with Crippen molar-refractivity contribution < 1.29 is 4.42 Å². The van der Waals surface area contributed by atoms with Gasteiger partial charge in [0, 0.05) is 12.4 Å². The van der Waals surface area contributed by atoms with Crippen LogP contribution in [0.2, 0.25) is 0 Å². The molecule has 0 aromatic carbocycles. The largest absolute Gasteiger partial charge is 0.467 e. The summed E-state index contributed by atoms with van der Waals surface area (Å²) in [6.07, 6.45) is 4.63. The third-order valence-corrected chi connectivity index (χ3v) is 2.13. The maximum absolute atomic E-state index is 8.85. The summed E-state index contributed by atoms with van der Waals surface area (Å²) in [6, 6.07) is 5.60. The number of nitrogens with zero attached hydrogens (tertiary/aromatic N) is 3. The summed E-state index contributed by atoms with van der Waals surface area (Å²) in [6.45, 7) is 1.93. The molecule has 0 aliphatic carbocycles. The number of nitrogens with one attached hydrogen (secondary N) is 1. The molecule has 5 heteroatoms. The number of nitriles is 1. The van der Waals surface area contributed by atoms with Gasteiger partial charge in [-0.05, 0) is 19.1 Å². The molecule has 0 fully saturated rings. The third kappa shape index (κ3) is 2.01. The first kappa shape index (κ1) is 10.2. The van der Waals surface area contributed by atoms with E-state index >= 15 is 0 Å². The Balaban J connectivity index is 2.19. The lowest BCUT2D eigenvalue weighted by atomic mass is 10.2. The van der Waals surface area contributed by atoms with E-state index in [9.17, 15) is 0 Å². The maximum atomic E-state index is 8.85. The topological polar surface area (TPSA) is 74.7 Å². The van der Waals surface area contributed by atoms with E-state index in [0.29, 0.717) is 5.82 Å². The summed E-state index contributed by atoms with van der Waals surface area (Å²) in [7, 11) is 0. The molecule has 5 nitrogen and oxygen atoms in total. The Hall–Kier alpha value is -2.35. The zero-order valence-corrected chi connectivity index (χ0v) is 8.71. The SMILES string of the molecule is CC(Nc1nccnc1C#N)c1ccco1. The molecule has 0 aliphatic heterocycles. The third-order valence-electron chi connectivity index (χ3n) is 2.13. The number of anilines is 1. The van der Waals surface area contributed by atoms with Crippen LogP contribution in [0.5, 0.6) is 0 Å². The van der Waals surface area contributed by atoms with Crippen LogP contribution in [0.4, 0.5) is 5.82 Å². The van der Waals surface area contributed by atoms with Crippen LogP contribution in [-0.4, -0.2) is 9.97 Å². The predicted octanol–water partition coefficient (Wildman–Crippen LogP) is 2.11. The summed E-state index contributed by atoms with van der Waals surface area (Å²) in [5, 5.41) is 11.9. The van der Waals surface area contributed by atoms with Gasteiger partial charge in [0.2, 0.25) is 0 Å². The molecule has 1 atom stereocenters. The van der Waals surface area contributed by atoms with E-state index in [0.717, 1.165) is 5.76 Å². The number of hydrogen-bond donors (Lipinski definition) is 1. The molecule has 0 spiro atoms. The van der Waals surface area contributed by atoms with Crippen molar-refractivity contribution in [1.82, 2.24) is 9.97 Å². The number of hydrogen-bond acceptors (Lipinski definition) is 5. The molecule has 80 valence electrons. The molecule has 2 aromatic rings. The molecule has 1 unspecified atom stereocenters. The predicted molar refractivity (Wildman–Crippen MR) is 57.5 cm³/mol. The number of furan rings is 1. The second-order valence-corrected chi connectivity index (χ2v) is 3.25. The molecular weight excluding hydrogens is 204 g/mol. The van der Waals surface area contributed by atoms with Crippen LogP contribution < -0.4 is 5.32 Å². The minimum Gasteiger partial charge on any atom is -0.467 e. The fourth-order valence-corrected chi connectivity index (χ4v) is 1.34. The van der Waals surface area contributed by atoms with Crippen molar-refractivity contribution in [3.8, 4) is 6.07 Å². The highest BCUT2D eigenvalue weighted by molar-refractivity contribution is 5.47. The van der Waals surface area contributed by atoms with E-state index in [4.69, 9.17) is 9.68 Å². The minimum atomic E-state index is -0.0567. The summed E-state index contributed by atoms with van der Waals surface area (Å²) in [5.41, 5.74) is 0.279. The second-order valence-electron chi connectivity index (χ2n) is 3.25. The summed E-state index contributed by atoms with van der Waals surface area (Å²) < 4.78 is 5.25. The van der Waals surface area contributed by atoms with E-state index in [2.05, 4.69) is 15.3 Å². The average Bonchev–Trinajstić information content (AvgIpc) is 2.83. The molecule has 0 saturated carbocycles. The molecule has 2 heterocycles. The Kier molecular flexibility index (Phi) is 2.83. The summed E-state index contributed by atoms with van der Waals surface area (Å²) in [4.78, 5) is 7.98. The van der Waals surface area contributed by atoms with Crippen LogP contribution >= 0.6 is 0 Å². The molecule has 0 amide bonds. The zero-order valence-electron chi connectivity index (χ0n) is 8.71. The number of rotatable bonds is 3. The van der Waals surface area contributed by atoms with E-state index < -0.39 is 0 Å². The summed E-state index contributed by atoms with van der Waals surface area (Å²) >= 11 is 0. The van der Waals surface area contributed by atoms with Gasteiger partial charge in [0.1, 0.15) is 11.8 Å². The van der Waals surface area contributed by atoms with Gasteiger partial charge in [0.15, 0.2) is 11.5 Å². The van der Waals surface area contributed by atoms with Crippen LogP contribution in [0.1, 0.15) is 24.4 Å². The summed E-state index contributed by atoms with van der Waals surface area (Å²) in [5.74, 6) is 1.25. The first-order chi connectivity index (χ1) is 7.81. The van der Waals surface area contributed by atoms with Crippen LogP contribution in [0.25, 0.3) is 0 Å². The van der Waals surface area contributed by atoms with Gasteiger partial charge in [-0.2, -0.15) is 5.26 Å². The molecule has 0 aliphatic rings. The van der Waals surface area contributed by atoms with E-state index in [-0.39, 0.29) is 11.7 Å². The van der Waals surface area contributed by atoms with Crippen molar-refractivity contribution in [2.75, 3.05) is 5.32 Å². The van der Waals surface area contributed by atoms with Crippen molar-refractivity contribution >= 4 is 5.82 Å². The monoisotopic (exact) mass is 214 g/mol. The van der Waals surface area contributed by atoms with Crippen LogP contribution in [0.15, 0.2) is 35.2 Å². The Bertz CT molecular complexity index is 501. The van der Waals surface area contributed by atoms with Gasteiger partial charge in [0.05, 0.1) is 12.3 Å². The van der Waals surface area contributed by atoms with Crippen molar-refractivity contribution in [1.29, 1.82) is 5.26 Å². The fraction of sp³-hybridized carbons (Fsp3) is 0.182. The average molecular weight is 214 g/mol. The van der Waals surface area contributed by atoms with Gasteiger partial charge in [0.25, 0.3) is 0 Å². The quantitative estimate of drug-likeness (QED) is 0.846. The molecule has 2 rings (SSSR count).